The van der Waals surface area contributed by atoms with Crippen LogP contribution in [0, 0.1) is 5.82 Å². The van der Waals surface area contributed by atoms with Crippen LogP contribution in [-0.2, 0) is 6.61 Å². The highest BCUT2D eigenvalue weighted by Gasteiger charge is 2.10. The number of rotatable bonds is 1. The predicted molar refractivity (Wildman–Crippen MR) is 52.1 cm³/mol. The molecule has 0 amide bonds. The van der Waals surface area contributed by atoms with Gasteiger partial charge in [-0.15, -0.1) is 11.3 Å². The molecule has 1 heterocycles. The zero-order valence-electron chi connectivity index (χ0n) is 6.75. The number of aliphatic hydroxyl groups excluding tert-OH is 1. The Balaban J connectivity index is 2.83. The molecule has 0 bridgehead atoms. The lowest BCUT2D eigenvalue weighted by Crippen LogP contribution is -1.97. The Labute approximate surface area is 78.4 Å². The predicted octanol–water partition coefficient (Wildman–Crippen LogP) is 2.11. The van der Waals surface area contributed by atoms with Gasteiger partial charge in [0.2, 0.25) is 0 Å². The van der Waals surface area contributed by atoms with Crippen molar-refractivity contribution in [2.75, 3.05) is 5.73 Å². The fraction of sp³-hybridized carbons (Fsp3) is 0.111. The van der Waals surface area contributed by atoms with Crippen LogP contribution in [0.2, 0.25) is 0 Å². The van der Waals surface area contributed by atoms with Gasteiger partial charge in [-0.25, -0.2) is 4.39 Å². The average Bonchev–Trinajstić information content (AvgIpc) is 2.59. The van der Waals surface area contributed by atoms with Crippen molar-refractivity contribution in [3.8, 4) is 0 Å². The summed E-state index contributed by atoms with van der Waals surface area (Å²) in [6.07, 6.45) is 0. The van der Waals surface area contributed by atoms with Crippen LogP contribution in [0.5, 0.6) is 0 Å². The van der Waals surface area contributed by atoms with Crippen molar-refractivity contribution >= 4 is 27.1 Å². The normalized spacial score (nSPS) is 10.9. The van der Waals surface area contributed by atoms with E-state index in [1.807, 2.05) is 6.07 Å². The maximum Gasteiger partial charge on any atom is 0.164 e. The van der Waals surface area contributed by atoms with Crippen LogP contribution in [0.1, 0.15) is 5.56 Å². The van der Waals surface area contributed by atoms with E-state index >= 15 is 0 Å². The Bertz CT molecular complexity index is 452. The second-order valence-corrected chi connectivity index (χ2v) is 3.68. The summed E-state index contributed by atoms with van der Waals surface area (Å²) in [5.74, 6) is -0.420. The lowest BCUT2D eigenvalue weighted by molar-refractivity contribution is 0.282. The largest absolute Gasteiger partial charge is 0.396 e. The molecule has 0 spiro atoms. The lowest BCUT2D eigenvalue weighted by Gasteiger charge is -2.04. The lowest BCUT2D eigenvalue weighted by atomic mass is 10.1. The molecule has 0 saturated heterocycles. The third-order valence-electron chi connectivity index (χ3n) is 1.98. The Morgan fingerprint density at radius 2 is 2.31 bits per heavy atom. The first-order valence-electron chi connectivity index (χ1n) is 3.79. The van der Waals surface area contributed by atoms with Gasteiger partial charge in [0, 0.05) is 5.56 Å². The molecule has 0 unspecified atom stereocenters. The highest BCUT2D eigenvalue weighted by atomic mass is 32.1. The number of nitrogen functional groups attached to an aromatic ring is 1. The molecule has 2 rings (SSSR count). The van der Waals surface area contributed by atoms with Crippen LogP contribution in [-0.4, -0.2) is 5.11 Å². The van der Waals surface area contributed by atoms with Crippen molar-refractivity contribution < 1.29 is 9.50 Å². The first-order chi connectivity index (χ1) is 6.24. The maximum absolute atomic E-state index is 13.5. The number of aliphatic hydroxyl groups is 1. The zero-order chi connectivity index (χ0) is 9.42. The highest BCUT2D eigenvalue weighted by molar-refractivity contribution is 7.17. The number of benzene rings is 1. The fourth-order valence-electron chi connectivity index (χ4n) is 1.27. The molecule has 0 aliphatic heterocycles. The van der Waals surface area contributed by atoms with Crippen molar-refractivity contribution in [1.29, 1.82) is 0 Å². The summed E-state index contributed by atoms with van der Waals surface area (Å²) in [6, 6.07) is 3.52. The topological polar surface area (TPSA) is 46.2 Å². The molecule has 0 atom stereocenters. The number of hydrogen-bond donors (Lipinski definition) is 2. The van der Waals surface area contributed by atoms with Crippen molar-refractivity contribution in [2.24, 2.45) is 0 Å². The number of hydrogen-bond acceptors (Lipinski definition) is 3. The van der Waals surface area contributed by atoms with Gasteiger partial charge in [-0.3, -0.25) is 0 Å². The molecule has 2 nitrogen and oxygen atoms in total. The van der Waals surface area contributed by atoms with Gasteiger partial charge in [-0.2, -0.15) is 0 Å². The van der Waals surface area contributed by atoms with E-state index in [0.717, 1.165) is 5.39 Å². The second-order valence-electron chi connectivity index (χ2n) is 2.76. The number of fused-ring (bicyclic) bond motifs is 1. The molecule has 2 aromatic rings. The van der Waals surface area contributed by atoms with Crippen LogP contribution in [0.4, 0.5) is 10.1 Å². The molecule has 0 aliphatic rings. The monoisotopic (exact) mass is 197 g/mol. The SMILES string of the molecule is Nc1c(CO)cc2ccsc2c1F. The van der Waals surface area contributed by atoms with E-state index in [1.165, 1.54) is 11.3 Å². The number of nitrogens with two attached hydrogens (primary N) is 1. The van der Waals surface area contributed by atoms with E-state index in [9.17, 15) is 4.39 Å². The minimum Gasteiger partial charge on any atom is -0.396 e. The molecule has 0 radical (unpaired) electrons. The molecule has 13 heavy (non-hydrogen) atoms. The molecule has 0 saturated carbocycles. The van der Waals surface area contributed by atoms with Crippen molar-refractivity contribution in [3.63, 3.8) is 0 Å². The molecular weight excluding hydrogens is 189 g/mol. The van der Waals surface area contributed by atoms with Crippen LogP contribution in [0.15, 0.2) is 17.5 Å². The highest BCUT2D eigenvalue weighted by Crippen LogP contribution is 2.30. The van der Waals surface area contributed by atoms with Gasteiger partial charge in [0.15, 0.2) is 5.82 Å². The van der Waals surface area contributed by atoms with Gasteiger partial charge in [0.1, 0.15) is 0 Å². The molecule has 1 aromatic carbocycles. The van der Waals surface area contributed by atoms with Gasteiger partial charge in [-0.05, 0) is 22.9 Å². The smallest absolute Gasteiger partial charge is 0.164 e. The van der Waals surface area contributed by atoms with Gasteiger partial charge in [0.05, 0.1) is 17.0 Å². The van der Waals surface area contributed by atoms with E-state index < -0.39 is 5.82 Å². The third kappa shape index (κ3) is 1.18. The number of halogens is 1. The maximum atomic E-state index is 13.5. The summed E-state index contributed by atoms with van der Waals surface area (Å²) in [6.45, 7) is -0.228. The first-order valence-corrected chi connectivity index (χ1v) is 4.67. The number of thiophene rings is 1. The summed E-state index contributed by atoms with van der Waals surface area (Å²) >= 11 is 1.31. The minimum absolute atomic E-state index is 0.0532. The second kappa shape index (κ2) is 2.97. The van der Waals surface area contributed by atoms with E-state index in [1.54, 1.807) is 11.4 Å². The van der Waals surface area contributed by atoms with Crippen LogP contribution in [0.3, 0.4) is 0 Å². The van der Waals surface area contributed by atoms with E-state index in [0.29, 0.717) is 10.3 Å². The Morgan fingerprint density at radius 3 is 3.00 bits per heavy atom. The Hall–Kier alpha value is -1.13. The summed E-state index contributed by atoms with van der Waals surface area (Å²) in [4.78, 5) is 0. The molecule has 0 aliphatic carbocycles. The Kier molecular flexibility index (Phi) is 1.94. The molecular formula is C9H8FNOS. The summed E-state index contributed by atoms with van der Waals surface area (Å²) in [7, 11) is 0. The van der Waals surface area contributed by atoms with Gasteiger partial charge >= 0.3 is 0 Å². The standard InChI is InChI=1S/C9H8FNOS/c10-7-8(11)6(4-12)3-5-1-2-13-9(5)7/h1-3,12H,4,11H2. The molecule has 3 N–H and O–H groups in total. The van der Waals surface area contributed by atoms with Crippen molar-refractivity contribution in [3.05, 3.63) is 28.9 Å². The molecule has 1 aromatic heterocycles. The first kappa shape index (κ1) is 8.47. The summed E-state index contributed by atoms with van der Waals surface area (Å²) in [5.41, 5.74) is 5.99. The van der Waals surface area contributed by atoms with Crippen molar-refractivity contribution in [2.45, 2.75) is 6.61 Å². The quantitative estimate of drug-likeness (QED) is 0.688. The summed E-state index contributed by atoms with van der Waals surface area (Å²) in [5, 5.41) is 11.5. The van der Waals surface area contributed by atoms with Crippen LogP contribution in [0.25, 0.3) is 10.1 Å². The van der Waals surface area contributed by atoms with Gasteiger partial charge in [-0.1, -0.05) is 0 Å². The third-order valence-corrected chi connectivity index (χ3v) is 2.90. The fourth-order valence-corrected chi connectivity index (χ4v) is 2.10. The van der Waals surface area contributed by atoms with Crippen LogP contribution >= 0.6 is 11.3 Å². The Morgan fingerprint density at radius 1 is 1.54 bits per heavy atom. The van der Waals surface area contributed by atoms with Gasteiger partial charge < -0.3 is 10.8 Å². The van der Waals surface area contributed by atoms with Crippen LogP contribution < -0.4 is 5.73 Å². The minimum atomic E-state index is -0.420. The van der Waals surface area contributed by atoms with E-state index in [4.69, 9.17) is 10.8 Å². The average molecular weight is 197 g/mol. The molecule has 0 fully saturated rings. The molecule has 68 valence electrons. The number of anilines is 1. The van der Waals surface area contributed by atoms with Crippen molar-refractivity contribution in [1.82, 2.24) is 0 Å². The zero-order valence-corrected chi connectivity index (χ0v) is 7.57. The van der Waals surface area contributed by atoms with E-state index in [2.05, 4.69) is 0 Å². The van der Waals surface area contributed by atoms with E-state index in [-0.39, 0.29) is 12.3 Å². The van der Waals surface area contributed by atoms with Gasteiger partial charge in [0.25, 0.3) is 0 Å². The summed E-state index contributed by atoms with van der Waals surface area (Å²) < 4.78 is 14.0. The molecule has 4 heteroatoms.